The molecule has 3 aromatic heterocycles. The summed E-state index contributed by atoms with van der Waals surface area (Å²) in [4.78, 5) is 8.37. The summed E-state index contributed by atoms with van der Waals surface area (Å²) in [7, 11) is -3.50. The van der Waals surface area contributed by atoms with Gasteiger partial charge < -0.3 is 0 Å². The first-order valence-corrected chi connectivity index (χ1v) is 12.7. The first-order chi connectivity index (χ1) is 15.5. The molecule has 3 heterocycles. The van der Waals surface area contributed by atoms with Crippen LogP contribution in [-0.4, -0.2) is 34.4 Å². The highest BCUT2D eigenvalue weighted by Gasteiger charge is 2.39. The molecule has 0 fully saturated rings. The lowest BCUT2D eigenvalue weighted by atomic mass is 9.98. The van der Waals surface area contributed by atoms with Crippen molar-refractivity contribution in [3.8, 4) is 28.3 Å². The van der Waals surface area contributed by atoms with Crippen molar-refractivity contribution in [1.29, 1.82) is 0 Å². The van der Waals surface area contributed by atoms with Crippen LogP contribution < -0.4 is 0 Å². The van der Waals surface area contributed by atoms with Gasteiger partial charge in [-0.3, -0.25) is 0 Å². The SMILES string of the molecule is CCc1c(C(F)(F)F)nn(-c2ccc(S(C)(=O)=O)cn2)c1-c1ccc(-c2cscn2)c(C)c1. The van der Waals surface area contributed by atoms with Crippen molar-refractivity contribution in [3.05, 3.63) is 64.2 Å². The maximum absolute atomic E-state index is 13.8. The van der Waals surface area contributed by atoms with Crippen molar-refractivity contribution in [2.45, 2.75) is 31.3 Å². The Hall–Kier alpha value is -3.05. The number of aromatic nitrogens is 4. The third kappa shape index (κ3) is 4.42. The molecule has 0 spiro atoms. The molecule has 33 heavy (non-hydrogen) atoms. The van der Waals surface area contributed by atoms with Crippen molar-refractivity contribution in [3.63, 3.8) is 0 Å². The molecule has 0 bridgehead atoms. The first-order valence-electron chi connectivity index (χ1n) is 9.86. The molecule has 0 aliphatic heterocycles. The minimum Gasteiger partial charge on any atom is -0.245 e. The van der Waals surface area contributed by atoms with E-state index in [1.807, 2.05) is 18.4 Å². The van der Waals surface area contributed by atoms with E-state index in [9.17, 15) is 21.6 Å². The zero-order valence-corrected chi connectivity index (χ0v) is 19.5. The third-order valence-electron chi connectivity index (χ3n) is 5.18. The Bertz CT molecular complexity index is 1410. The van der Waals surface area contributed by atoms with E-state index in [0.717, 1.165) is 34.0 Å². The van der Waals surface area contributed by atoms with Crippen molar-refractivity contribution in [1.82, 2.24) is 19.7 Å². The molecule has 4 rings (SSSR count). The van der Waals surface area contributed by atoms with Gasteiger partial charge in [-0.15, -0.1) is 11.3 Å². The Balaban J connectivity index is 1.93. The van der Waals surface area contributed by atoms with E-state index < -0.39 is 21.7 Å². The van der Waals surface area contributed by atoms with E-state index in [-0.39, 0.29) is 28.4 Å². The van der Waals surface area contributed by atoms with Crippen LogP contribution in [0, 0.1) is 6.92 Å². The molecule has 6 nitrogen and oxygen atoms in total. The zero-order chi connectivity index (χ0) is 24.0. The van der Waals surface area contributed by atoms with Gasteiger partial charge in [0.1, 0.15) is 0 Å². The van der Waals surface area contributed by atoms with Crippen LogP contribution in [0.25, 0.3) is 28.3 Å². The molecule has 0 aliphatic carbocycles. The van der Waals surface area contributed by atoms with Gasteiger partial charge >= 0.3 is 6.18 Å². The van der Waals surface area contributed by atoms with Crippen LogP contribution in [-0.2, 0) is 22.4 Å². The Morgan fingerprint density at radius 3 is 2.39 bits per heavy atom. The fourth-order valence-electron chi connectivity index (χ4n) is 3.64. The molecule has 0 radical (unpaired) electrons. The number of benzene rings is 1. The number of alkyl halides is 3. The van der Waals surface area contributed by atoms with E-state index in [2.05, 4.69) is 15.1 Å². The van der Waals surface area contributed by atoms with E-state index in [1.54, 1.807) is 24.6 Å². The largest absolute Gasteiger partial charge is 0.435 e. The molecule has 0 amide bonds. The van der Waals surface area contributed by atoms with Gasteiger partial charge in [-0.1, -0.05) is 19.1 Å². The van der Waals surface area contributed by atoms with E-state index in [1.165, 1.54) is 23.5 Å². The standard InChI is InChI=1S/C22H19F3N4O2S2/c1-4-16-20(14-5-7-17(13(2)9-14)18-11-32-12-27-18)29(28-21(16)22(23,24)25)19-8-6-15(10-26-19)33(3,30)31/h5-12H,4H2,1-3H3. The van der Waals surface area contributed by atoms with Gasteiger partial charge in [0.05, 0.1) is 21.8 Å². The lowest BCUT2D eigenvalue weighted by Crippen LogP contribution is -2.10. The lowest BCUT2D eigenvalue weighted by molar-refractivity contribution is -0.141. The summed E-state index contributed by atoms with van der Waals surface area (Å²) < 4.78 is 66.1. The number of nitrogens with zero attached hydrogens (tertiary/aromatic N) is 4. The topological polar surface area (TPSA) is 77.7 Å². The van der Waals surface area contributed by atoms with E-state index in [0.29, 0.717) is 5.56 Å². The van der Waals surface area contributed by atoms with Gasteiger partial charge in [-0.25, -0.2) is 23.1 Å². The highest BCUT2D eigenvalue weighted by atomic mass is 32.2. The maximum Gasteiger partial charge on any atom is 0.435 e. The van der Waals surface area contributed by atoms with Gasteiger partial charge in [0.15, 0.2) is 21.3 Å². The second-order valence-electron chi connectivity index (χ2n) is 7.47. The lowest BCUT2D eigenvalue weighted by Gasteiger charge is -2.12. The predicted octanol–water partition coefficient (Wildman–Crippen LogP) is 5.35. The van der Waals surface area contributed by atoms with Crippen molar-refractivity contribution < 1.29 is 21.6 Å². The fraction of sp³-hybridized carbons (Fsp3) is 0.227. The predicted molar refractivity (Wildman–Crippen MR) is 120 cm³/mol. The molecule has 4 aromatic rings. The monoisotopic (exact) mass is 492 g/mol. The number of hydrogen-bond acceptors (Lipinski definition) is 6. The number of halogens is 3. The summed E-state index contributed by atoms with van der Waals surface area (Å²) >= 11 is 1.46. The first kappa shape index (κ1) is 23.1. The number of sulfone groups is 1. The molecule has 0 N–H and O–H groups in total. The van der Waals surface area contributed by atoms with Crippen LogP contribution >= 0.6 is 11.3 Å². The Labute approximate surface area is 192 Å². The summed E-state index contributed by atoms with van der Waals surface area (Å²) in [6.07, 6.45) is -2.41. The van der Waals surface area contributed by atoms with Crippen LogP contribution in [0.2, 0.25) is 0 Å². The molecular weight excluding hydrogens is 473 g/mol. The number of pyridine rings is 1. The molecular formula is C22H19F3N4O2S2. The smallest absolute Gasteiger partial charge is 0.245 e. The highest BCUT2D eigenvalue weighted by molar-refractivity contribution is 7.90. The summed E-state index contributed by atoms with van der Waals surface area (Å²) in [5.74, 6) is 0.0869. The summed E-state index contributed by atoms with van der Waals surface area (Å²) in [6, 6.07) is 8.01. The van der Waals surface area contributed by atoms with Crippen LogP contribution in [0.15, 0.2) is 52.3 Å². The Morgan fingerprint density at radius 2 is 1.88 bits per heavy atom. The molecule has 0 unspecified atom stereocenters. The number of hydrogen-bond donors (Lipinski definition) is 0. The van der Waals surface area contributed by atoms with E-state index >= 15 is 0 Å². The average Bonchev–Trinajstić information content (AvgIpc) is 3.40. The second kappa shape index (κ2) is 8.38. The third-order valence-corrected chi connectivity index (χ3v) is 6.86. The minimum absolute atomic E-state index is 0.0322. The summed E-state index contributed by atoms with van der Waals surface area (Å²) in [5.41, 5.74) is 4.10. The molecule has 0 saturated heterocycles. The average molecular weight is 493 g/mol. The van der Waals surface area contributed by atoms with Gasteiger partial charge in [0, 0.05) is 34.5 Å². The molecule has 0 aliphatic rings. The molecule has 0 atom stereocenters. The highest BCUT2D eigenvalue weighted by Crippen LogP contribution is 2.39. The van der Waals surface area contributed by atoms with Crippen molar-refractivity contribution in [2.24, 2.45) is 0 Å². The minimum atomic E-state index is -4.66. The maximum atomic E-state index is 13.8. The van der Waals surface area contributed by atoms with Crippen LogP contribution in [0.3, 0.4) is 0 Å². The Morgan fingerprint density at radius 1 is 1.12 bits per heavy atom. The fourth-order valence-corrected chi connectivity index (χ4v) is 4.75. The van der Waals surface area contributed by atoms with Crippen LogP contribution in [0.5, 0.6) is 0 Å². The summed E-state index contributed by atoms with van der Waals surface area (Å²) in [5, 5.41) is 5.76. The quantitative estimate of drug-likeness (QED) is 0.375. The van der Waals surface area contributed by atoms with E-state index in [4.69, 9.17) is 0 Å². The molecule has 11 heteroatoms. The second-order valence-corrected chi connectivity index (χ2v) is 10.2. The normalized spacial score (nSPS) is 12.3. The number of thiazole rings is 1. The zero-order valence-electron chi connectivity index (χ0n) is 17.9. The number of aryl methyl sites for hydroxylation is 1. The Kier molecular flexibility index (Phi) is 5.87. The van der Waals surface area contributed by atoms with Gasteiger partial charge in [0.2, 0.25) is 0 Å². The van der Waals surface area contributed by atoms with Gasteiger partial charge in [-0.05, 0) is 37.1 Å². The molecule has 172 valence electrons. The summed E-state index contributed by atoms with van der Waals surface area (Å²) in [6.45, 7) is 3.51. The van der Waals surface area contributed by atoms with Gasteiger partial charge in [-0.2, -0.15) is 18.3 Å². The van der Waals surface area contributed by atoms with Gasteiger partial charge in [0.25, 0.3) is 0 Å². The number of rotatable bonds is 5. The molecule has 1 aromatic carbocycles. The van der Waals surface area contributed by atoms with Crippen LogP contribution in [0.1, 0.15) is 23.7 Å². The van der Waals surface area contributed by atoms with Crippen molar-refractivity contribution in [2.75, 3.05) is 6.26 Å². The van der Waals surface area contributed by atoms with Crippen LogP contribution in [0.4, 0.5) is 13.2 Å². The van der Waals surface area contributed by atoms with Crippen molar-refractivity contribution >= 4 is 21.2 Å². The molecule has 0 saturated carbocycles.